The van der Waals surface area contributed by atoms with Gasteiger partial charge in [0.25, 0.3) is 0 Å². The van der Waals surface area contributed by atoms with Crippen molar-refractivity contribution in [2.45, 2.75) is 44.7 Å². The van der Waals surface area contributed by atoms with Crippen LogP contribution in [0.2, 0.25) is 0 Å². The van der Waals surface area contributed by atoms with Gasteiger partial charge in [-0.1, -0.05) is 19.1 Å². The van der Waals surface area contributed by atoms with Crippen LogP contribution in [0.5, 0.6) is 5.75 Å². The van der Waals surface area contributed by atoms with Crippen molar-refractivity contribution in [3.63, 3.8) is 0 Å². The first-order valence-corrected chi connectivity index (χ1v) is 6.96. The van der Waals surface area contributed by atoms with Gasteiger partial charge in [-0.3, -0.25) is 4.79 Å². The fraction of sp³-hybridized carbons (Fsp3) is 0.533. The molecule has 4 heteroatoms. The minimum Gasteiger partial charge on any atom is -0.493 e. The number of amides is 1. The molecular formula is C15H22N2O2. The molecule has 1 unspecified atom stereocenters. The van der Waals surface area contributed by atoms with E-state index in [0.717, 1.165) is 30.6 Å². The molecule has 0 aromatic heterocycles. The van der Waals surface area contributed by atoms with Gasteiger partial charge in [0.1, 0.15) is 5.75 Å². The number of benzene rings is 1. The van der Waals surface area contributed by atoms with Gasteiger partial charge in [-0.05, 0) is 37.0 Å². The van der Waals surface area contributed by atoms with Gasteiger partial charge in [0.2, 0.25) is 5.91 Å². The van der Waals surface area contributed by atoms with Gasteiger partial charge >= 0.3 is 0 Å². The van der Waals surface area contributed by atoms with Crippen LogP contribution in [0.25, 0.3) is 0 Å². The molecule has 2 rings (SSSR count). The lowest BCUT2D eigenvalue weighted by Gasteiger charge is -2.11. The third-order valence-electron chi connectivity index (χ3n) is 3.29. The van der Waals surface area contributed by atoms with Gasteiger partial charge in [0.05, 0.1) is 13.0 Å². The van der Waals surface area contributed by atoms with E-state index in [0.29, 0.717) is 19.1 Å². The van der Waals surface area contributed by atoms with Crippen LogP contribution in [-0.4, -0.2) is 18.6 Å². The SMILES string of the molecule is CCC(N)c1ccc(OCCC(=O)NC2CC2)cc1. The van der Waals surface area contributed by atoms with E-state index in [9.17, 15) is 4.79 Å². The summed E-state index contributed by atoms with van der Waals surface area (Å²) in [6, 6.07) is 8.27. The summed E-state index contributed by atoms with van der Waals surface area (Å²) < 4.78 is 5.55. The van der Waals surface area contributed by atoms with Gasteiger partial charge in [0, 0.05) is 12.1 Å². The number of nitrogens with two attached hydrogens (primary N) is 1. The topological polar surface area (TPSA) is 64.3 Å². The molecule has 4 nitrogen and oxygen atoms in total. The van der Waals surface area contributed by atoms with E-state index in [1.807, 2.05) is 24.3 Å². The first-order chi connectivity index (χ1) is 9.19. The molecule has 1 amide bonds. The Hall–Kier alpha value is -1.55. The first kappa shape index (κ1) is 13.9. The van der Waals surface area contributed by atoms with Gasteiger partial charge in [-0.2, -0.15) is 0 Å². The molecule has 1 atom stereocenters. The lowest BCUT2D eigenvalue weighted by Crippen LogP contribution is -2.26. The second-order valence-corrected chi connectivity index (χ2v) is 5.02. The van der Waals surface area contributed by atoms with E-state index >= 15 is 0 Å². The van der Waals surface area contributed by atoms with Crippen LogP contribution in [0.1, 0.15) is 44.2 Å². The third kappa shape index (κ3) is 4.56. The lowest BCUT2D eigenvalue weighted by atomic mass is 10.1. The largest absolute Gasteiger partial charge is 0.493 e. The third-order valence-corrected chi connectivity index (χ3v) is 3.29. The number of rotatable bonds is 7. The molecule has 3 N–H and O–H groups in total. The quantitative estimate of drug-likeness (QED) is 0.791. The second-order valence-electron chi connectivity index (χ2n) is 5.02. The van der Waals surface area contributed by atoms with Crippen molar-refractivity contribution in [1.29, 1.82) is 0 Å². The van der Waals surface area contributed by atoms with Crippen LogP contribution >= 0.6 is 0 Å². The first-order valence-electron chi connectivity index (χ1n) is 6.96. The van der Waals surface area contributed by atoms with E-state index in [-0.39, 0.29) is 11.9 Å². The maximum Gasteiger partial charge on any atom is 0.223 e. The molecule has 1 aliphatic rings. The van der Waals surface area contributed by atoms with Crippen LogP contribution < -0.4 is 15.8 Å². The van der Waals surface area contributed by atoms with E-state index in [4.69, 9.17) is 10.5 Å². The number of carbonyl (C=O) groups is 1. The molecule has 19 heavy (non-hydrogen) atoms. The van der Waals surface area contributed by atoms with Crippen LogP contribution in [0.15, 0.2) is 24.3 Å². The molecule has 0 aliphatic heterocycles. The molecule has 1 aromatic rings. The molecule has 0 heterocycles. The zero-order chi connectivity index (χ0) is 13.7. The number of hydrogen-bond acceptors (Lipinski definition) is 3. The van der Waals surface area contributed by atoms with Crippen LogP contribution in [0.3, 0.4) is 0 Å². The lowest BCUT2D eigenvalue weighted by molar-refractivity contribution is -0.121. The number of ether oxygens (including phenoxy) is 1. The minimum atomic E-state index is 0.0760. The minimum absolute atomic E-state index is 0.0760. The summed E-state index contributed by atoms with van der Waals surface area (Å²) in [4.78, 5) is 11.5. The van der Waals surface area contributed by atoms with E-state index in [1.54, 1.807) is 0 Å². The average Bonchev–Trinajstić information content (AvgIpc) is 3.22. The zero-order valence-electron chi connectivity index (χ0n) is 11.4. The predicted octanol–water partition coefficient (Wildman–Crippen LogP) is 2.14. The van der Waals surface area contributed by atoms with Crippen molar-refractivity contribution in [3.05, 3.63) is 29.8 Å². The van der Waals surface area contributed by atoms with Crippen LogP contribution in [0, 0.1) is 0 Å². The Bertz CT molecular complexity index is 413. The van der Waals surface area contributed by atoms with Crippen LogP contribution in [-0.2, 0) is 4.79 Å². The smallest absolute Gasteiger partial charge is 0.223 e. The summed E-state index contributed by atoms with van der Waals surface area (Å²) >= 11 is 0. The van der Waals surface area contributed by atoms with Crippen molar-refractivity contribution in [1.82, 2.24) is 5.32 Å². The molecular weight excluding hydrogens is 240 g/mol. The highest BCUT2D eigenvalue weighted by Gasteiger charge is 2.22. The molecule has 104 valence electrons. The van der Waals surface area contributed by atoms with Gasteiger partial charge in [-0.25, -0.2) is 0 Å². The summed E-state index contributed by atoms with van der Waals surface area (Å²) in [6.07, 6.45) is 3.56. The Morgan fingerprint density at radius 1 is 1.42 bits per heavy atom. The van der Waals surface area contributed by atoms with Gasteiger partial charge < -0.3 is 15.8 Å². The summed E-state index contributed by atoms with van der Waals surface area (Å²) in [5.41, 5.74) is 7.06. The predicted molar refractivity (Wildman–Crippen MR) is 74.9 cm³/mol. The summed E-state index contributed by atoms with van der Waals surface area (Å²) in [5, 5.41) is 2.94. The van der Waals surface area contributed by atoms with E-state index in [2.05, 4.69) is 12.2 Å². The second kappa shape index (κ2) is 6.57. The summed E-state index contributed by atoms with van der Waals surface area (Å²) in [5.74, 6) is 0.860. The van der Waals surface area contributed by atoms with Gasteiger partial charge in [-0.15, -0.1) is 0 Å². The fourth-order valence-electron chi connectivity index (χ4n) is 1.84. The molecule has 0 bridgehead atoms. The summed E-state index contributed by atoms with van der Waals surface area (Å²) in [6.45, 7) is 2.48. The van der Waals surface area contributed by atoms with Crippen LogP contribution in [0.4, 0.5) is 0 Å². The zero-order valence-corrected chi connectivity index (χ0v) is 11.4. The van der Waals surface area contributed by atoms with E-state index in [1.165, 1.54) is 0 Å². The molecule has 1 fully saturated rings. The van der Waals surface area contributed by atoms with Crippen molar-refractivity contribution < 1.29 is 9.53 Å². The highest BCUT2D eigenvalue weighted by atomic mass is 16.5. The van der Waals surface area contributed by atoms with Crippen molar-refractivity contribution in [2.24, 2.45) is 5.73 Å². The fourth-order valence-corrected chi connectivity index (χ4v) is 1.84. The monoisotopic (exact) mass is 262 g/mol. The Labute approximate surface area is 114 Å². The molecule has 1 saturated carbocycles. The number of carbonyl (C=O) groups excluding carboxylic acids is 1. The Morgan fingerprint density at radius 2 is 2.11 bits per heavy atom. The normalized spacial score (nSPS) is 15.9. The number of hydrogen-bond donors (Lipinski definition) is 2. The highest BCUT2D eigenvalue weighted by Crippen LogP contribution is 2.19. The van der Waals surface area contributed by atoms with Gasteiger partial charge in [0.15, 0.2) is 0 Å². The average molecular weight is 262 g/mol. The molecule has 0 spiro atoms. The van der Waals surface area contributed by atoms with Crippen molar-refractivity contribution in [2.75, 3.05) is 6.61 Å². The summed E-state index contributed by atoms with van der Waals surface area (Å²) in [7, 11) is 0. The van der Waals surface area contributed by atoms with Crippen molar-refractivity contribution in [3.8, 4) is 5.75 Å². The standard InChI is InChI=1S/C15H22N2O2/c1-2-14(16)11-3-7-13(8-4-11)19-10-9-15(18)17-12-5-6-12/h3-4,7-8,12,14H,2,5-6,9-10,16H2,1H3,(H,17,18). The Morgan fingerprint density at radius 3 is 2.68 bits per heavy atom. The molecule has 0 radical (unpaired) electrons. The van der Waals surface area contributed by atoms with Crippen molar-refractivity contribution >= 4 is 5.91 Å². The number of nitrogens with one attached hydrogen (secondary N) is 1. The molecule has 0 saturated heterocycles. The maximum absolute atomic E-state index is 11.5. The maximum atomic E-state index is 11.5. The molecule has 1 aliphatic carbocycles. The Kier molecular flexibility index (Phi) is 4.80. The molecule has 1 aromatic carbocycles. The van der Waals surface area contributed by atoms with E-state index < -0.39 is 0 Å². The Balaban J connectivity index is 1.71. The highest BCUT2D eigenvalue weighted by molar-refractivity contribution is 5.76.